The van der Waals surface area contributed by atoms with Gasteiger partial charge in [-0.2, -0.15) is 5.43 Å². The molecule has 2 aliphatic heterocycles. The number of halogens is 1. The first-order valence-corrected chi connectivity index (χ1v) is 9.84. The third-order valence-corrected chi connectivity index (χ3v) is 5.57. The third kappa shape index (κ3) is 3.97. The number of hydrogen-bond acceptors (Lipinski definition) is 8. The van der Waals surface area contributed by atoms with Crippen molar-refractivity contribution in [2.24, 2.45) is 15.5 Å². The van der Waals surface area contributed by atoms with Crippen molar-refractivity contribution in [3.63, 3.8) is 0 Å². The molecule has 4 rings (SSSR count). The number of aromatic nitrogens is 2. The molecule has 11 heteroatoms. The summed E-state index contributed by atoms with van der Waals surface area (Å²) in [7, 11) is 0. The van der Waals surface area contributed by atoms with Gasteiger partial charge in [-0.1, -0.05) is 23.8 Å². The van der Waals surface area contributed by atoms with E-state index in [2.05, 4.69) is 37.3 Å². The summed E-state index contributed by atoms with van der Waals surface area (Å²) >= 11 is 0. The lowest BCUT2D eigenvalue weighted by molar-refractivity contribution is -0.550. The van der Waals surface area contributed by atoms with Crippen molar-refractivity contribution in [3.05, 3.63) is 64.1 Å². The van der Waals surface area contributed by atoms with Crippen molar-refractivity contribution in [3.8, 4) is 5.75 Å². The maximum absolute atomic E-state index is 13.1. The minimum atomic E-state index is -0.615. The Kier molecular flexibility index (Phi) is 5.38. The first-order chi connectivity index (χ1) is 14.8. The van der Waals surface area contributed by atoms with Gasteiger partial charge < -0.3 is 10.4 Å². The zero-order chi connectivity index (χ0) is 22.2. The van der Waals surface area contributed by atoms with Crippen molar-refractivity contribution in [1.82, 2.24) is 19.8 Å². The fraction of sp³-hybridized carbons (Fsp3) is 0.350. The van der Waals surface area contributed by atoms with Crippen LogP contribution >= 0.6 is 0 Å². The molecule has 4 N–H and O–H groups in total. The van der Waals surface area contributed by atoms with Gasteiger partial charge in [-0.15, -0.1) is 0 Å². The number of rotatable bonds is 6. The monoisotopic (exact) mass is 427 g/mol. The molecular formula is C20H24FN8O2+. The molecule has 1 aromatic heterocycles. The van der Waals surface area contributed by atoms with Gasteiger partial charge in [0.15, 0.2) is 0 Å². The van der Waals surface area contributed by atoms with E-state index in [1.807, 2.05) is 13.8 Å². The minimum Gasteiger partial charge on any atom is -0.501 e. The van der Waals surface area contributed by atoms with E-state index in [0.29, 0.717) is 37.7 Å². The molecule has 1 aromatic carbocycles. The Morgan fingerprint density at radius 3 is 2.74 bits per heavy atom. The maximum Gasteiger partial charge on any atom is 0.296 e. The van der Waals surface area contributed by atoms with Crippen LogP contribution in [0.1, 0.15) is 30.9 Å². The first kappa shape index (κ1) is 20.8. The highest BCUT2D eigenvalue weighted by molar-refractivity contribution is 5.74. The van der Waals surface area contributed by atoms with E-state index in [1.165, 1.54) is 16.7 Å². The Bertz CT molecular complexity index is 1140. The summed E-state index contributed by atoms with van der Waals surface area (Å²) in [5.41, 5.74) is 1.72. The number of nitrogens with two attached hydrogens (primary N) is 1. The van der Waals surface area contributed by atoms with Crippen LogP contribution < -0.4 is 16.3 Å². The summed E-state index contributed by atoms with van der Waals surface area (Å²) in [6.45, 7) is 9.68. The highest BCUT2D eigenvalue weighted by atomic mass is 19.1. The highest BCUT2D eigenvalue weighted by Crippen LogP contribution is 2.31. The predicted molar refractivity (Wildman–Crippen MR) is 111 cm³/mol. The zero-order valence-corrected chi connectivity index (χ0v) is 17.3. The van der Waals surface area contributed by atoms with Crippen LogP contribution in [0, 0.1) is 5.82 Å². The molecule has 0 unspecified atom stereocenters. The molecule has 0 saturated carbocycles. The average molecular weight is 427 g/mol. The molecular weight excluding hydrogens is 403 g/mol. The molecule has 31 heavy (non-hydrogen) atoms. The van der Waals surface area contributed by atoms with Crippen molar-refractivity contribution in [2.45, 2.75) is 32.5 Å². The first-order valence-electron chi connectivity index (χ1n) is 9.84. The van der Waals surface area contributed by atoms with Gasteiger partial charge in [-0.05, 0) is 31.5 Å². The van der Waals surface area contributed by atoms with Gasteiger partial charge in [-0.25, -0.2) is 9.37 Å². The molecule has 0 bridgehead atoms. The van der Waals surface area contributed by atoms with E-state index in [4.69, 9.17) is 0 Å². The van der Waals surface area contributed by atoms with Gasteiger partial charge >= 0.3 is 0 Å². The van der Waals surface area contributed by atoms with Crippen molar-refractivity contribution >= 4 is 11.5 Å². The van der Waals surface area contributed by atoms with Gasteiger partial charge in [0, 0.05) is 24.9 Å². The van der Waals surface area contributed by atoms with E-state index in [1.54, 1.807) is 17.6 Å². The number of fused-ring (bicyclic) bond motifs is 1. The molecule has 0 fully saturated rings. The van der Waals surface area contributed by atoms with Crippen molar-refractivity contribution in [1.29, 1.82) is 0 Å². The second-order valence-corrected chi connectivity index (χ2v) is 7.95. The molecule has 0 amide bonds. The van der Waals surface area contributed by atoms with Crippen LogP contribution in [0.25, 0.3) is 5.70 Å². The van der Waals surface area contributed by atoms with Crippen LogP contribution in [-0.4, -0.2) is 38.5 Å². The van der Waals surface area contributed by atoms with Crippen molar-refractivity contribution < 1.29 is 14.9 Å². The van der Waals surface area contributed by atoms with E-state index in [0.717, 1.165) is 11.4 Å². The van der Waals surface area contributed by atoms with E-state index < -0.39 is 16.8 Å². The summed E-state index contributed by atoms with van der Waals surface area (Å²) < 4.78 is 14.6. The normalized spacial score (nSPS) is 17.3. The topological polar surface area (TPSA) is 124 Å². The highest BCUT2D eigenvalue weighted by Gasteiger charge is 2.39. The number of quaternary nitrogens is 1. The average Bonchev–Trinajstić information content (AvgIpc) is 3.25. The molecule has 0 saturated heterocycles. The smallest absolute Gasteiger partial charge is 0.296 e. The Labute approximate surface area is 177 Å². The fourth-order valence-corrected chi connectivity index (χ4v) is 3.71. The van der Waals surface area contributed by atoms with Crippen LogP contribution in [0.2, 0.25) is 0 Å². The van der Waals surface area contributed by atoms with Gasteiger partial charge in [-0.3, -0.25) is 14.3 Å². The SMILES string of the molecule is C=C(NCc1ccc(F)cc1)c1nc2n(c(=O)c1O)CCN(CC1=NN=N[NH2+]1)C2(C)C. The summed E-state index contributed by atoms with van der Waals surface area (Å²) in [6.07, 6.45) is 0. The van der Waals surface area contributed by atoms with Gasteiger partial charge in [0.05, 0.1) is 23.0 Å². The number of hydrogen-bond donors (Lipinski definition) is 3. The van der Waals surface area contributed by atoms with Crippen LogP contribution in [-0.2, 0) is 18.6 Å². The predicted octanol–water partition coefficient (Wildman–Crippen LogP) is 0.657. The summed E-state index contributed by atoms with van der Waals surface area (Å²) in [4.78, 5) is 19.6. The lowest BCUT2D eigenvalue weighted by atomic mass is 9.98. The molecule has 2 aliphatic rings. The summed E-state index contributed by atoms with van der Waals surface area (Å²) in [5, 5.41) is 24.9. The second kappa shape index (κ2) is 8.00. The zero-order valence-electron chi connectivity index (χ0n) is 17.3. The standard InChI is InChI=1S/C20H23FN8O2/c1-12(22-10-13-4-6-14(21)7-5-13)16-17(30)18(31)29-9-8-28(11-15-24-26-27-25-15)20(2,3)19(29)23-16/h4-7,22,30H,1,8-11H2,2-3H3,(H,24,25,26,27)/p+1. The molecule has 0 aliphatic carbocycles. The second-order valence-electron chi connectivity index (χ2n) is 7.95. The largest absolute Gasteiger partial charge is 0.501 e. The molecule has 0 spiro atoms. The number of nitrogens with zero attached hydrogens (tertiary/aromatic N) is 6. The third-order valence-electron chi connectivity index (χ3n) is 5.57. The number of benzene rings is 1. The van der Waals surface area contributed by atoms with Crippen LogP contribution in [0.5, 0.6) is 5.75 Å². The molecule has 0 atom stereocenters. The Morgan fingerprint density at radius 1 is 1.32 bits per heavy atom. The maximum atomic E-state index is 13.1. The fourth-order valence-electron chi connectivity index (χ4n) is 3.71. The molecule has 162 valence electrons. The van der Waals surface area contributed by atoms with Crippen LogP contribution in [0.3, 0.4) is 0 Å². The lowest BCUT2D eigenvalue weighted by Crippen LogP contribution is -2.83. The van der Waals surface area contributed by atoms with E-state index in [9.17, 15) is 14.3 Å². The van der Waals surface area contributed by atoms with Crippen LogP contribution in [0.15, 0.2) is 51.2 Å². The number of nitrogens with one attached hydrogen (secondary N) is 1. The Hall–Kier alpha value is -3.44. The van der Waals surface area contributed by atoms with E-state index >= 15 is 0 Å². The van der Waals surface area contributed by atoms with Gasteiger partial charge in [0.1, 0.15) is 17.3 Å². The quantitative estimate of drug-likeness (QED) is 0.584. The lowest BCUT2D eigenvalue weighted by Gasteiger charge is -2.42. The van der Waals surface area contributed by atoms with Crippen molar-refractivity contribution in [2.75, 3.05) is 13.1 Å². The minimum absolute atomic E-state index is 0.100. The van der Waals surface area contributed by atoms with Gasteiger partial charge in [0.25, 0.3) is 11.4 Å². The van der Waals surface area contributed by atoms with Gasteiger partial charge in [0.2, 0.25) is 5.75 Å². The molecule has 10 nitrogen and oxygen atoms in total. The summed E-state index contributed by atoms with van der Waals surface area (Å²) in [5.74, 6) is 0.484. The Balaban J connectivity index is 1.60. The molecule has 3 heterocycles. The molecule has 0 radical (unpaired) electrons. The van der Waals surface area contributed by atoms with Crippen LogP contribution in [0.4, 0.5) is 4.39 Å². The Morgan fingerprint density at radius 2 is 2.06 bits per heavy atom. The van der Waals surface area contributed by atoms with E-state index in [-0.39, 0.29) is 11.5 Å². The number of amidine groups is 1. The molecule has 2 aromatic rings. The summed E-state index contributed by atoms with van der Waals surface area (Å²) in [6, 6.07) is 6.02. The number of aromatic hydroxyl groups is 1.